The summed E-state index contributed by atoms with van der Waals surface area (Å²) >= 11 is 0. The van der Waals surface area contributed by atoms with Gasteiger partial charge in [-0.3, -0.25) is 4.90 Å². The summed E-state index contributed by atoms with van der Waals surface area (Å²) in [6.45, 7) is 2.38. The molecule has 2 aromatic rings. The number of rotatable bonds is 5. The first-order chi connectivity index (χ1) is 9.43. The maximum absolute atomic E-state index is 13.7. The molecule has 2 rings (SSSR count). The van der Waals surface area contributed by atoms with Crippen molar-refractivity contribution < 1.29 is 23.8 Å². The van der Waals surface area contributed by atoms with Crippen LogP contribution in [-0.2, 0) is 6.54 Å². The van der Waals surface area contributed by atoms with Crippen molar-refractivity contribution in [1.82, 2.24) is 4.90 Å². The topological polar surface area (TPSA) is 73.9 Å². The van der Waals surface area contributed by atoms with Gasteiger partial charge < -0.3 is 14.6 Å². The Hall–Kier alpha value is -1.92. The van der Waals surface area contributed by atoms with Gasteiger partial charge in [0.15, 0.2) is 0 Å². The number of furan rings is 1. The molecule has 0 unspecified atom stereocenters. The zero-order chi connectivity index (χ0) is 14.9. The Kier molecular flexibility index (Phi) is 4.06. The molecule has 0 saturated heterocycles. The summed E-state index contributed by atoms with van der Waals surface area (Å²) < 4.78 is 19.0. The minimum Gasteiger partial charge on any atom is -0.475 e. The summed E-state index contributed by atoms with van der Waals surface area (Å²) in [6, 6.07) is 2.60. The Morgan fingerprint density at radius 3 is 2.75 bits per heavy atom. The minimum absolute atomic E-state index is 0.00742. The van der Waals surface area contributed by atoms with Gasteiger partial charge >= 0.3 is 5.97 Å². The largest absolute Gasteiger partial charge is 0.475 e. The number of fused-ring (bicyclic) bond motifs is 1. The van der Waals surface area contributed by atoms with Crippen LogP contribution < -0.4 is 0 Å². The zero-order valence-corrected chi connectivity index (χ0v) is 11.3. The molecule has 0 aliphatic heterocycles. The minimum atomic E-state index is -1.17. The highest BCUT2D eigenvalue weighted by Crippen LogP contribution is 2.29. The van der Waals surface area contributed by atoms with Gasteiger partial charge in [-0.15, -0.1) is 0 Å². The Labute approximate surface area is 115 Å². The maximum Gasteiger partial charge on any atom is 0.372 e. The molecule has 108 valence electrons. The van der Waals surface area contributed by atoms with Crippen molar-refractivity contribution in [3.8, 4) is 0 Å². The first-order valence-electron chi connectivity index (χ1n) is 6.18. The summed E-state index contributed by atoms with van der Waals surface area (Å²) in [5, 5.41) is 18.4. The number of aliphatic hydroxyl groups excluding tert-OH is 1. The van der Waals surface area contributed by atoms with E-state index in [0.717, 1.165) is 0 Å². The van der Waals surface area contributed by atoms with Gasteiger partial charge in [-0.05, 0) is 26.1 Å². The van der Waals surface area contributed by atoms with Crippen molar-refractivity contribution in [2.45, 2.75) is 13.5 Å². The number of hydrogen-bond donors (Lipinski definition) is 2. The van der Waals surface area contributed by atoms with Crippen LogP contribution in [0.15, 0.2) is 16.5 Å². The summed E-state index contributed by atoms with van der Waals surface area (Å²) in [7, 11) is 1.78. The molecule has 0 saturated carbocycles. The zero-order valence-electron chi connectivity index (χ0n) is 11.3. The predicted octanol–water partition coefficient (Wildman–Crippen LogP) is 2.00. The molecule has 1 aromatic heterocycles. The van der Waals surface area contributed by atoms with E-state index in [4.69, 9.17) is 14.6 Å². The summed E-state index contributed by atoms with van der Waals surface area (Å²) in [5.41, 5.74) is 1.36. The fraction of sp³-hybridized carbons (Fsp3) is 0.357. The molecular weight excluding hydrogens is 265 g/mol. The van der Waals surface area contributed by atoms with Crippen LogP contribution >= 0.6 is 0 Å². The number of halogens is 1. The van der Waals surface area contributed by atoms with Gasteiger partial charge in [0.25, 0.3) is 0 Å². The summed E-state index contributed by atoms with van der Waals surface area (Å²) in [4.78, 5) is 12.9. The fourth-order valence-corrected chi connectivity index (χ4v) is 2.21. The van der Waals surface area contributed by atoms with Crippen LogP contribution in [0, 0.1) is 12.7 Å². The number of carboxylic acids is 1. The van der Waals surface area contributed by atoms with Crippen molar-refractivity contribution >= 4 is 16.9 Å². The molecule has 0 amide bonds. The summed E-state index contributed by atoms with van der Waals surface area (Å²) in [5.74, 6) is -1.78. The van der Waals surface area contributed by atoms with Crippen molar-refractivity contribution in [2.75, 3.05) is 20.2 Å². The van der Waals surface area contributed by atoms with Gasteiger partial charge in [0.05, 0.1) is 6.61 Å². The first-order valence-corrected chi connectivity index (χ1v) is 6.18. The van der Waals surface area contributed by atoms with E-state index >= 15 is 0 Å². The third-order valence-corrected chi connectivity index (χ3v) is 3.20. The van der Waals surface area contributed by atoms with E-state index in [-0.39, 0.29) is 12.4 Å². The van der Waals surface area contributed by atoms with Gasteiger partial charge in [0.1, 0.15) is 11.4 Å². The number of likely N-dealkylation sites (N-methyl/N-ethyl adjacent to an activating group) is 1. The second-order valence-corrected chi connectivity index (χ2v) is 4.76. The number of benzene rings is 1. The molecule has 1 aromatic carbocycles. The second kappa shape index (κ2) is 5.60. The van der Waals surface area contributed by atoms with Crippen molar-refractivity contribution in [3.63, 3.8) is 0 Å². The highest BCUT2D eigenvalue weighted by molar-refractivity contribution is 5.95. The number of carbonyl (C=O) groups is 1. The number of carboxylic acid groups (broad SMARTS) is 1. The molecule has 5 nitrogen and oxygen atoms in total. The maximum atomic E-state index is 13.7. The average molecular weight is 281 g/mol. The lowest BCUT2D eigenvalue weighted by atomic mass is 10.1. The molecule has 1 heterocycles. The van der Waals surface area contributed by atoms with Gasteiger partial charge in [-0.1, -0.05) is 0 Å². The second-order valence-electron chi connectivity index (χ2n) is 4.76. The first kappa shape index (κ1) is 14.5. The molecule has 0 aliphatic rings. The van der Waals surface area contributed by atoms with E-state index in [2.05, 4.69) is 0 Å². The molecule has 20 heavy (non-hydrogen) atoms. The van der Waals surface area contributed by atoms with Gasteiger partial charge in [-0.2, -0.15) is 0 Å². The van der Waals surface area contributed by atoms with Crippen molar-refractivity contribution in [1.29, 1.82) is 0 Å². The van der Waals surface area contributed by atoms with Gasteiger partial charge in [-0.25, -0.2) is 9.18 Å². The van der Waals surface area contributed by atoms with E-state index in [1.807, 2.05) is 0 Å². The van der Waals surface area contributed by atoms with Gasteiger partial charge in [0, 0.05) is 29.6 Å². The number of nitrogens with zero attached hydrogens (tertiary/aromatic N) is 1. The van der Waals surface area contributed by atoms with Crippen LogP contribution in [0.25, 0.3) is 11.0 Å². The number of hydrogen-bond acceptors (Lipinski definition) is 4. The number of aromatic carboxylic acids is 1. The monoisotopic (exact) mass is 281 g/mol. The van der Waals surface area contributed by atoms with E-state index in [0.29, 0.717) is 35.2 Å². The highest BCUT2D eigenvalue weighted by Gasteiger charge is 2.20. The van der Waals surface area contributed by atoms with Crippen LogP contribution in [-0.4, -0.2) is 41.3 Å². The standard InChI is InChI=1S/C14H16FNO4/c1-8-11-6-10(15)5-9(7-16(2)3-4-17)13(11)20-12(8)14(18)19/h5-6,17H,3-4,7H2,1-2H3,(H,18,19). The molecule has 0 fully saturated rings. The molecule has 0 aliphatic carbocycles. The molecular formula is C14H16FNO4. The smallest absolute Gasteiger partial charge is 0.372 e. The van der Waals surface area contributed by atoms with Gasteiger partial charge in [0.2, 0.25) is 5.76 Å². The van der Waals surface area contributed by atoms with Crippen LogP contribution in [0.2, 0.25) is 0 Å². The van der Waals surface area contributed by atoms with Crippen LogP contribution in [0.3, 0.4) is 0 Å². The molecule has 2 N–H and O–H groups in total. The van der Waals surface area contributed by atoms with Crippen LogP contribution in [0.1, 0.15) is 21.7 Å². The average Bonchev–Trinajstić information content (AvgIpc) is 2.68. The predicted molar refractivity (Wildman–Crippen MR) is 71.3 cm³/mol. The van der Waals surface area contributed by atoms with E-state index in [1.165, 1.54) is 12.1 Å². The Bertz CT molecular complexity index is 650. The Morgan fingerprint density at radius 2 is 2.15 bits per heavy atom. The highest BCUT2D eigenvalue weighted by atomic mass is 19.1. The fourth-order valence-electron chi connectivity index (χ4n) is 2.21. The van der Waals surface area contributed by atoms with Crippen LogP contribution in [0.5, 0.6) is 0 Å². The lowest BCUT2D eigenvalue weighted by molar-refractivity contribution is 0.0664. The normalized spacial score (nSPS) is 11.4. The van der Waals surface area contributed by atoms with E-state index < -0.39 is 11.8 Å². The number of aliphatic hydroxyl groups is 1. The lowest BCUT2D eigenvalue weighted by Gasteiger charge is -2.15. The molecule has 0 atom stereocenters. The SMILES string of the molecule is Cc1c(C(=O)O)oc2c(CN(C)CCO)cc(F)cc12. The summed E-state index contributed by atoms with van der Waals surface area (Å²) in [6.07, 6.45) is 0. The molecule has 0 spiro atoms. The third-order valence-electron chi connectivity index (χ3n) is 3.20. The number of aryl methyl sites for hydroxylation is 1. The molecule has 0 radical (unpaired) electrons. The van der Waals surface area contributed by atoms with E-state index in [9.17, 15) is 9.18 Å². The Morgan fingerprint density at radius 1 is 1.45 bits per heavy atom. The molecule has 6 heteroatoms. The Balaban J connectivity index is 2.54. The lowest BCUT2D eigenvalue weighted by Crippen LogP contribution is -2.21. The quantitative estimate of drug-likeness (QED) is 0.877. The van der Waals surface area contributed by atoms with Crippen LogP contribution in [0.4, 0.5) is 4.39 Å². The van der Waals surface area contributed by atoms with E-state index in [1.54, 1.807) is 18.9 Å². The van der Waals surface area contributed by atoms with Crippen molar-refractivity contribution in [2.24, 2.45) is 0 Å². The van der Waals surface area contributed by atoms with Crippen molar-refractivity contribution in [3.05, 3.63) is 34.8 Å². The third kappa shape index (κ3) is 2.66. The molecule has 0 bridgehead atoms.